The quantitative estimate of drug-likeness (QED) is 0.585. The van der Waals surface area contributed by atoms with Crippen LogP contribution >= 0.6 is 27.5 Å². The van der Waals surface area contributed by atoms with Crippen LogP contribution in [0.4, 0.5) is 13.2 Å². The van der Waals surface area contributed by atoms with Gasteiger partial charge in [-0.05, 0) is 18.2 Å². The summed E-state index contributed by atoms with van der Waals surface area (Å²) in [5, 5.41) is 0. The number of aromatic nitrogens is 1. The molecule has 0 amide bonds. The lowest BCUT2D eigenvalue weighted by Gasteiger charge is -2.09. The average molecular weight is 353 g/mol. The summed E-state index contributed by atoms with van der Waals surface area (Å²) in [5.41, 5.74) is 0.237. The molecule has 7 heteroatoms. The Bertz CT molecular complexity index is 624. The summed E-state index contributed by atoms with van der Waals surface area (Å²) < 4.78 is 45.1. The van der Waals surface area contributed by atoms with Crippen LogP contribution in [0.5, 0.6) is 11.6 Å². The van der Waals surface area contributed by atoms with E-state index in [0.717, 1.165) is 18.3 Å². The molecule has 0 N–H and O–H groups in total. The number of hydrogen-bond donors (Lipinski definition) is 0. The van der Waals surface area contributed by atoms with Gasteiger partial charge in [0.15, 0.2) is 11.6 Å². The highest BCUT2D eigenvalue weighted by Crippen LogP contribution is 2.30. The summed E-state index contributed by atoms with van der Waals surface area (Å²) in [7, 11) is 0. The van der Waals surface area contributed by atoms with Crippen molar-refractivity contribution < 1.29 is 17.9 Å². The van der Waals surface area contributed by atoms with Gasteiger partial charge in [-0.15, -0.1) is 11.6 Å². The number of hydrogen-bond acceptors (Lipinski definition) is 2. The maximum atomic E-state index is 13.5. The fourth-order valence-corrected chi connectivity index (χ4v) is 1.97. The Morgan fingerprint density at radius 3 is 2.63 bits per heavy atom. The van der Waals surface area contributed by atoms with Crippen LogP contribution in [0.15, 0.2) is 28.9 Å². The lowest BCUT2D eigenvalue weighted by atomic mass is 10.3. The number of benzene rings is 1. The Balaban J connectivity index is 2.41. The first-order chi connectivity index (χ1) is 9.01. The molecular weight excluding hydrogens is 346 g/mol. The first-order valence-corrected chi connectivity index (χ1v) is 6.37. The maximum absolute atomic E-state index is 13.5. The molecule has 0 fully saturated rings. The van der Waals surface area contributed by atoms with Crippen LogP contribution in [0.25, 0.3) is 0 Å². The van der Waals surface area contributed by atoms with Crippen molar-refractivity contribution in [3.63, 3.8) is 0 Å². The maximum Gasteiger partial charge on any atom is 0.223 e. The highest BCUT2D eigenvalue weighted by atomic mass is 79.9. The molecule has 1 aromatic carbocycles. The number of rotatable bonds is 3. The monoisotopic (exact) mass is 351 g/mol. The number of alkyl halides is 1. The number of ether oxygens (including phenoxy) is 1. The van der Waals surface area contributed by atoms with E-state index in [9.17, 15) is 13.2 Å². The molecule has 2 aromatic rings. The van der Waals surface area contributed by atoms with Crippen molar-refractivity contribution in [2.45, 2.75) is 5.88 Å². The molecule has 0 aliphatic carbocycles. The van der Waals surface area contributed by atoms with Crippen LogP contribution in [0.3, 0.4) is 0 Å². The smallest absolute Gasteiger partial charge is 0.223 e. The molecule has 0 saturated heterocycles. The largest absolute Gasteiger partial charge is 0.435 e. The van der Waals surface area contributed by atoms with Gasteiger partial charge in [-0.25, -0.2) is 13.8 Å². The van der Waals surface area contributed by atoms with Crippen molar-refractivity contribution in [3.05, 3.63) is 51.9 Å². The minimum absolute atomic E-state index is 0.0712. The molecule has 19 heavy (non-hydrogen) atoms. The summed E-state index contributed by atoms with van der Waals surface area (Å²) in [6.45, 7) is 0. The highest BCUT2D eigenvalue weighted by Gasteiger charge is 2.15. The zero-order valence-electron chi connectivity index (χ0n) is 9.26. The molecule has 2 nitrogen and oxygen atoms in total. The van der Waals surface area contributed by atoms with E-state index in [2.05, 4.69) is 20.9 Å². The predicted octanol–water partition coefficient (Wildman–Crippen LogP) is 4.79. The van der Waals surface area contributed by atoms with Crippen LogP contribution in [0.1, 0.15) is 5.56 Å². The van der Waals surface area contributed by atoms with Crippen LogP contribution < -0.4 is 4.74 Å². The number of halogens is 5. The van der Waals surface area contributed by atoms with E-state index in [0.29, 0.717) is 4.47 Å². The minimum Gasteiger partial charge on any atom is -0.435 e. The Morgan fingerprint density at radius 2 is 1.95 bits per heavy atom. The fourth-order valence-electron chi connectivity index (χ4n) is 1.37. The summed E-state index contributed by atoms with van der Waals surface area (Å²) in [6.07, 6.45) is 0.900. The normalized spacial score (nSPS) is 10.6. The van der Waals surface area contributed by atoms with E-state index in [1.54, 1.807) is 0 Å². The van der Waals surface area contributed by atoms with E-state index in [4.69, 9.17) is 16.3 Å². The van der Waals surface area contributed by atoms with Crippen molar-refractivity contribution in [1.82, 2.24) is 4.98 Å². The van der Waals surface area contributed by atoms with Crippen LogP contribution in [0, 0.1) is 17.5 Å². The molecule has 0 radical (unpaired) electrons. The van der Waals surface area contributed by atoms with Gasteiger partial charge in [0.2, 0.25) is 11.7 Å². The summed E-state index contributed by atoms with van der Waals surface area (Å²) >= 11 is 8.62. The van der Waals surface area contributed by atoms with E-state index < -0.39 is 17.5 Å². The lowest BCUT2D eigenvalue weighted by Crippen LogP contribution is -1.98. The Labute approximate surface area is 120 Å². The van der Waals surface area contributed by atoms with E-state index in [1.165, 1.54) is 6.07 Å². The molecule has 0 bridgehead atoms. The average Bonchev–Trinajstić information content (AvgIpc) is 2.37. The van der Waals surface area contributed by atoms with Gasteiger partial charge in [0, 0.05) is 10.0 Å². The van der Waals surface area contributed by atoms with Gasteiger partial charge in [0.05, 0.1) is 12.1 Å². The van der Waals surface area contributed by atoms with Gasteiger partial charge in [-0.1, -0.05) is 15.9 Å². The Hall–Kier alpha value is -1.27. The van der Waals surface area contributed by atoms with E-state index in [-0.39, 0.29) is 23.1 Å². The molecule has 0 saturated carbocycles. The molecule has 0 spiro atoms. The predicted molar refractivity (Wildman–Crippen MR) is 67.9 cm³/mol. The van der Waals surface area contributed by atoms with Gasteiger partial charge in [0.25, 0.3) is 0 Å². The van der Waals surface area contributed by atoms with Crippen molar-refractivity contribution in [1.29, 1.82) is 0 Å². The molecule has 0 atom stereocenters. The highest BCUT2D eigenvalue weighted by molar-refractivity contribution is 9.10. The summed E-state index contributed by atoms with van der Waals surface area (Å²) in [6, 6.07) is 3.31. The third-order valence-corrected chi connectivity index (χ3v) is 2.95. The van der Waals surface area contributed by atoms with E-state index in [1.807, 2.05) is 0 Å². The second kappa shape index (κ2) is 5.79. The van der Waals surface area contributed by atoms with Crippen molar-refractivity contribution in [2.24, 2.45) is 0 Å². The third kappa shape index (κ3) is 3.19. The summed E-state index contributed by atoms with van der Waals surface area (Å²) in [5.74, 6) is -3.33. The van der Waals surface area contributed by atoms with Crippen LogP contribution in [-0.2, 0) is 5.88 Å². The molecule has 1 heterocycles. The van der Waals surface area contributed by atoms with Crippen LogP contribution in [0.2, 0.25) is 0 Å². The van der Waals surface area contributed by atoms with E-state index >= 15 is 0 Å². The summed E-state index contributed by atoms with van der Waals surface area (Å²) in [4.78, 5) is 3.66. The molecule has 0 aliphatic heterocycles. The van der Waals surface area contributed by atoms with Crippen molar-refractivity contribution in [3.8, 4) is 11.6 Å². The van der Waals surface area contributed by atoms with Crippen molar-refractivity contribution in [2.75, 3.05) is 0 Å². The zero-order valence-corrected chi connectivity index (χ0v) is 11.6. The van der Waals surface area contributed by atoms with Gasteiger partial charge >= 0.3 is 0 Å². The van der Waals surface area contributed by atoms with Gasteiger partial charge in [-0.2, -0.15) is 4.39 Å². The Kier molecular flexibility index (Phi) is 4.31. The van der Waals surface area contributed by atoms with Gasteiger partial charge < -0.3 is 4.74 Å². The molecule has 2 rings (SSSR count). The van der Waals surface area contributed by atoms with Crippen molar-refractivity contribution >= 4 is 27.5 Å². The third-order valence-electron chi connectivity index (χ3n) is 2.20. The molecule has 0 unspecified atom stereocenters. The molecular formula is C12H6BrClF3NO. The molecule has 1 aromatic heterocycles. The zero-order chi connectivity index (χ0) is 14.0. The standard InChI is InChI=1S/C12H6BrClF3NO/c13-7-2-9(16)11(17)10(3-7)19-12-6(4-14)1-8(15)5-18-12/h1-3,5H,4H2. The van der Waals surface area contributed by atoms with Gasteiger partial charge in [-0.3, -0.25) is 0 Å². The second-order valence-corrected chi connectivity index (χ2v) is 4.74. The lowest BCUT2D eigenvalue weighted by molar-refractivity contribution is 0.401. The number of nitrogens with zero attached hydrogens (tertiary/aromatic N) is 1. The van der Waals surface area contributed by atoms with Crippen LogP contribution in [-0.4, -0.2) is 4.98 Å². The number of pyridine rings is 1. The SMILES string of the molecule is Fc1cnc(Oc2cc(Br)cc(F)c2F)c(CCl)c1. The molecule has 0 aliphatic rings. The fraction of sp³-hybridized carbons (Fsp3) is 0.0833. The van der Waals surface area contributed by atoms with Gasteiger partial charge in [0.1, 0.15) is 5.82 Å². The Morgan fingerprint density at radius 1 is 1.21 bits per heavy atom. The first-order valence-electron chi connectivity index (χ1n) is 5.04. The molecule has 100 valence electrons. The first kappa shape index (κ1) is 14.1. The second-order valence-electron chi connectivity index (χ2n) is 3.55. The topological polar surface area (TPSA) is 22.1 Å². The minimum atomic E-state index is -1.16.